The first-order chi connectivity index (χ1) is 12.8. The van der Waals surface area contributed by atoms with Gasteiger partial charge in [0, 0.05) is 0 Å². The molecule has 0 radical (unpaired) electrons. The van der Waals surface area contributed by atoms with Gasteiger partial charge in [-0.05, 0) is 66.5 Å². The van der Waals surface area contributed by atoms with Crippen molar-refractivity contribution in [1.82, 2.24) is 0 Å². The maximum atomic E-state index is 13.1. The van der Waals surface area contributed by atoms with Crippen LogP contribution in [0.3, 0.4) is 0 Å². The minimum atomic E-state index is -0.827. The van der Waals surface area contributed by atoms with Crippen molar-refractivity contribution in [2.24, 2.45) is 11.3 Å². The molecule has 4 heteroatoms. The topological polar surface area (TPSA) is 66.8 Å². The molecule has 0 amide bonds. The third-order valence-electron chi connectivity index (χ3n) is 7.19. The molecule has 0 saturated heterocycles. The molecule has 3 atom stereocenters. The number of fused-ring (bicyclic) bond motifs is 3. The molecule has 0 spiro atoms. The van der Waals surface area contributed by atoms with Crippen LogP contribution in [0.5, 0.6) is 0 Å². The highest BCUT2D eigenvalue weighted by atomic mass is 16.6. The van der Waals surface area contributed by atoms with Crippen LogP contribution in [-0.2, 0) is 21.4 Å². The summed E-state index contributed by atoms with van der Waals surface area (Å²) >= 11 is 0. The van der Waals surface area contributed by atoms with Gasteiger partial charge in [0.2, 0.25) is 0 Å². The average Bonchev–Trinajstić information content (AvgIpc) is 2.65. The second-order valence-electron chi connectivity index (χ2n) is 9.24. The summed E-state index contributed by atoms with van der Waals surface area (Å²) in [7, 11) is 0. The van der Waals surface area contributed by atoms with Gasteiger partial charge in [-0.25, -0.2) is 0 Å². The third-order valence-corrected chi connectivity index (χ3v) is 7.19. The molecule has 1 saturated carbocycles. The van der Waals surface area contributed by atoms with Gasteiger partial charge in [0.1, 0.15) is 6.10 Å². The summed E-state index contributed by atoms with van der Waals surface area (Å²) in [6.07, 6.45) is 3.99. The highest BCUT2D eigenvalue weighted by molar-refractivity contribution is 5.78. The number of carbonyl (C=O) groups excluding carboxylic acids is 1. The van der Waals surface area contributed by atoms with E-state index in [1.54, 1.807) is 0 Å². The first-order valence-corrected chi connectivity index (χ1v) is 10.3. The number of esters is 1. The summed E-state index contributed by atoms with van der Waals surface area (Å²) in [5, 5.41) is 18.6. The Morgan fingerprint density at radius 2 is 1.93 bits per heavy atom. The summed E-state index contributed by atoms with van der Waals surface area (Å²) in [6.45, 7) is 8.09. The molecule has 0 heterocycles. The van der Waals surface area contributed by atoms with Crippen LogP contribution in [0.25, 0.3) is 0 Å². The molecule has 2 aliphatic rings. The first-order valence-electron chi connectivity index (χ1n) is 10.3. The lowest BCUT2D eigenvalue weighted by Crippen LogP contribution is -2.53. The van der Waals surface area contributed by atoms with Gasteiger partial charge in [0.15, 0.2) is 0 Å². The highest BCUT2D eigenvalue weighted by Crippen LogP contribution is 2.57. The largest absolute Gasteiger partial charge is 0.457 e. The Labute approximate surface area is 162 Å². The molecule has 1 aromatic rings. The lowest BCUT2D eigenvalue weighted by molar-refractivity contribution is -0.174. The third kappa shape index (κ3) is 3.42. The molecule has 3 rings (SSSR count). The molecule has 2 N–H and O–H groups in total. The second kappa shape index (κ2) is 7.56. The fraction of sp³-hybridized carbons (Fsp3) is 0.696. The Morgan fingerprint density at radius 1 is 1.22 bits per heavy atom. The molecule has 0 unspecified atom stereocenters. The van der Waals surface area contributed by atoms with E-state index in [-0.39, 0.29) is 30.5 Å². The molecule has 0 aliphatic heterocycles. The van der Waals surface area contributed by atoms with Crippen LogP contribution in [0.15, 0.2) is 18.2 Å². The van der Waals surface area contributed by atoms with Crippen LogP contribution >= 0.6 is 0 Å². The van der Waals surface area contributed by atoms with Gasteiger partial charge in [-0.15, -0.1) is 0 Å². The number of benzene rings is 1. The zero-order chi connectivity index (χ0) is 19.8. The van der Waals surface area contributed by atoms with Crippen LogP contribution in [0.2, 0.25) is 0 Å². The maximum absolute atomic E-state index is 13.1. The number of aliphatic hydroxyl groups is 2. The summed E-state index contributed by atoms with van der Waals surface area (Å²) in [6, 6.07) is 6.90. The second-order valence-corrected chi connectivity index (χ2v) is 9.24. The molecular weight excluding hydrogens is 340 g/mol. The number of aliphatic hydroxyl groups excluding tert-OH is 2. The SMILES string of the molecule is CC(C)c1ccc2c(c1)CC[C@H]1[C@](C)(C(=O)OC(CO)CO)CCC[C@]21C. The number of rotatable bonds is 5. The molecule has 1 aromatic carbocycles. The number of carbonyl (C=O) groups is 1. The van der Waals surface area contributed by atoms with E-state index < -0.39 is 11.5 Å². The predicted molar refractivity (Wildman–Crippen MR) is 106 cm³/mol. The van der Waals surface area contributed by atoms with E-state index in [0.717, 1.165) is 32.1 Å². The Morgan fingerprint density at radius 3 is 2.56 bits per heavy atom. The average molecular weight is 375 g/mol. The van der Waals surface area contributed by atoms with Gasteiger partial charge < -0.3 is 14.9 Å². The summed E-state index contributed by atoms with van der Waals surface area (Å²) in [5.41, 5.74) is 3.58. The van der Waals surface area contributed by atoms with Crippen LogP contribution < -0.4 is 0 Å². The molecule has 27 heavy (non-hydrogen) atoms. The molecule has 2 aliphatic carbocycles. The molecule has 4 nitrogen and oxygen atoms in total. The van der Waals surface area contributed by atoms with Crippen molar-refractivity contribution in [1.29, 1.82) is 0 Å². The Bertz CT molecular complexity index is 694. The molecule has 0 aromatic heterocycles. The summed E-state index contributed by atoms with van der Waals surface area (Å²) in [5.74, 6) is 0.455. The van der Waals surface area contributed by atoms with Crippen molar-refractivity contribution in [2.75, 3.05) is 13.2 Å². The Hall–Kier alpha value is -1.39. The van der Waals surface area contributed by atoms with E-state index in [4.69, 9.17) is 4.74 Å². The van der Waals surface area contributed by atoms with Crippen molar-refractivity contribution >= 4 is 5.97 Å². The van der Waals surface area contributed by atoms with Crippen molar-refractivity contribution in [3.05, 3.63) is 34.9 Å². The van der Waals surface area contributed by atoms with Crippen LogP contribution in [0.4, 0.5) is 0 Å². The van der Waals surface area contributed by atoms with Crippen molar-refractivity contribution in [2.45, 2.75) is 77.2 Å². The number of hydrogen-bond acceptors (Lipinski definition) is 4. The lowest BCUT2D eigenvalue weighted by atomic mass is 9.49. The van der Waals surface area contributed by atoms with Crippen molar-refractivity contribution in [3.8, 4) is 0 Å². The quantitative estimate of drug-likeness (QED) is 0.771. The summed E-state index contributed by atoms with van der Waals surface area (Å²) < 4.78 is 5.48. The van der Waals surface area contributed by atoms with Gasteiger partial charge >= 0.3 is 5.97 Å². The van der Waals surface area contributed by atoms with Crippen molar-refractivity contribution in [3.63, 3.8) is 0 Å². The van der Waals surface area contributed by atoms with E-state index >= 15 is 0 Å². The van der Waals surface area contributed by atoms with Gasteiger partial charge in [-0.2, -0.15) is 0 Å². The predicted octanol–water partition coefficient (Wildman–Crippen LogP) is 3.72. The van der Waals surface area contributed by atoms with E-state index in [2.05, 4.69) is 39.0 Å². The zero-order valence-corrected chi connectivity index (χ0v) is 17.1. The van der Waals surface area contributed by atoms with Gasteiger partial charge in [-0.1, -0.05) is 45.4 Å². The van der Waals surface area contributed by atoms with Crippen LogP contribution in [-0.4, -0.2) is 35.5 Å². The molecule has 1 fully saturated rings. The van der Waals surface area contributed by atoms with E-state index in [0.29, 0.717) is 5.92 Å². The van der Waals surface area contributed by atoms with E-state index in [1.807, 2.05) is 6.92 Å². The Kier molecular flexibility index (Phi) is 5.69. The minimum absolute atomic E-state index is 0.0387. The van der Waals surface area contributed by atoms with Gasteiger partial charge in [-0.3, -0.25) is 4.79 Å². The normalized spacial score (nSPS) is 30.1. The van der Waals surface area contributed by atoms with Gasteiger partial charge in [0.25, 0.3) is 0 Å². The summed E-state index contributed by atoms with van der Waals surface area (Å²) in [4.78, 5) is 13.1. The minimum Gasteiger partial charge on any atom is -0.457 e. The smallest absolute Gasteiger partial charge is 0.312 e. The molecule has 150 valence electrons. The molecular formula is C23H34O4. The number of ether oxygens (including phenoxy) is 1. The monoisotopic (exact) mass is 374 g/mol. The number of hydrogen-bond donors (Lipinski definition) is 2. The number of aryl methyl sites for hydroxylation is 1. The van der Waals surface area contributed by atoms with Crippen LogP contribution in [0.1, 0.15) is 76.0 Å². The lowest BCUT2D eigenvalue weighted by Gasteiger charge is -2.54. The van der Waals surface area contributed by atoms with E-state index in [1.165, 1.54) is 16.7 Å². The highest BCUT2D eigenvalue weighted by Gasteiger charge is 2.56. The Balaban J connectivity index is 1.94. The van der Waals surface area contributed by atoms with Gasteiger partial charge in [0.05, 0.1) is 18.6 Å². The zero-order valence-electron chi connectivity index (χ0n) is 17.1. The fourth-order valence-corrected chi connectivity index (χ4v) is 5.53. The van der Waals surface area contributed by atoms with Crippen LogP contribution in [0, 0.1) is 11.3 Å². The van der Waals surface area contributed by atoms with E-state index in [9.17, 15) is 15.0 Å². The standard InChI is InChI=1S/C23H34O4/c1-15(2)16-6-8-19-17(12-16)7-9-20-22(19,3)10-5-11-23(20,4)21(26)27-18(13-24)14-25/h6,8,12,15,18,20,24-25H,5,7,9-11,13-14H2,1-4H3/t20-,22-,23-/m1/s1. The first kappa shape index (κ1) is 20.3. The van der Waals surface area contributed by atoms with Crippen molar-refractivity contribution < 1.29 is 19.7 Å². The maximum Gasteiger partial charge on any atom is 0.312 e. The fourth-order valence-electron chi connectivity index (χ4n) is 5.53. The molecule has 0 bridgehead atoms.